The predicted molar refractivity (Wildman–Crippen MR) is 110 cm³/mol. The molecular formula is C21H21N5O4. The van der Waals surface area contributed by atoms with Gasteiger partial charge in [0.15, 0.2) is 0 Å². The molecule has 4 N–H and O–H groups in total. The molecular weight excluding hydrogens is 386 g/mol. The number of nitrogens with zero attached hydrogens (tertiary/aromatic N) is 2. The van der Waals surface area contributed by atoms with E-state index in [-0.39, 0.29) is 31.3 Å². The number of carbonyl (C=O) groups excluding carboxylic acids is 2. The van der Waals surface area contributed by atoms with Gasteiger partial charge in [0.1, 0.15) is 11.9 Å². The summed E-state index contributed by atoms with van der Waals surface area (Å²) in [6, 6.07) is 11.8. The van der Waals surface area contributed by atoms with Crippen molar-refractivity contribution in [2.24, 2.45) is 0 Å². The van der Waals surface area contributed by atoms with Crippen LogP contribution < -0.4 is 10.6 Å². The number of aliphatic carboxylic acids is 1. The van der Waals surface area contributed by atoms with E-state index in [0.717, 1.165) is 16.6 Å². The molecule has 1 atom stereocenters. The molecule has 9 heteroatoms. The maximum Gasteiger partial charge on any atom is 0.305 e. The van der Waals surface area contributed by atoms with Crippen molar-refractivity contribution in [2.75, 3.05) is 12.4 Å². The van der Waals surface area contributed by atoms with Gasteiger partial charge in [-0.1, -0.05) is 12.1 Å². The van der Waals surface area contributed by atoms with E-state index in [2.05, 4.69) is 20.6 Å². The topological polar surface area (TPSA) is 127 Å². The normalized spacial score (nSPS) is 16.0. The zero-order valence-corrected chi connectivity index (χ0v) is 16.3. The standard InChI is InChI=1S/C21H21N5O4/c1-26-11-13-8-12(6-7-14(13)23-17(21(26)30)9-19(27)28)20(29)22-10-18-24-15-4-2-3-5-16(15)25-18/h2-8,17,23H,9-11H2,1H3,(H,22,29)(H,24,25)(H,27,28)/t17-/m1/s1. The molecule has 0 aliphatic carbocycles. The van der Waals surface area contributed by atoms with Crippen LogP contribution in [0.25, 0.3) is 11.0 Å². The summed E-state index contributed by atoms with van der Waals surface area (Å²) < 4.78 is 0. The van der Waals surface area contributed by atoms with Gasteiger partial charge in [-0.2, -0.15) is 0 Å². The highest BCUT2D eigenvalue weighted by molar-refractivity contribution is 5.95. The molecule has 9 nitrogen and oxygen atoms in total. The number of anilines is 1. The number of carboxylic acid groups (broad SMARTS) is 1. The van der Waals surface area contributed by atoms with E-state index >= 15 is 0 Å². The summed E-state index contributed by atoms with van der Waals surface area (Å²) >= 11 is 0. The molecule has 0 saturated carbocycles. The Bertz CT molecular complexity index is 1110. The van der Waals surface area contributed by atoms with Crippen LogP contribution in [0.5, 0.6) is 0 Å². The summed E-state index contributed by atoms with van der Waals surface area (Å²) in [7, 11) is 1.61. The molecule has 0 radical (unpaired) electrons. The smallest absolute Gasteiger partial charge is 0.305 e. The number of carboxylic acids is 1. The molecule has 0 spiro atoms. The van der Waals surface area contributed by atoms with Gasteiger partial charge in [0.25, 0.3) is 5.91 Å². The largest absolute Gasteiger partial charge is 0.481 e. The highest BCUT2D eigenvalue weighted by atomic mass is 16.4. The van der Waals surface area contributed by atoms with Crippen LogP contribution in [-0.2, 0) is 22.7 Å². The van der Waals surface area contributed by atoms with Crippen LogP contribution in [0.1, 0.15) is 28.2 Å². The molecule has 0 saturated heterocycles. The molecule has 3 aromatic rings. The second kappa shape index (κ2) is 7.86. The van der Waals surface area contributed by atoms with Crippen molar-refractivity contribution < 1.29 is 19.5 Å². The zero-order chi connectivity index (χ0) is 21.3. The lowest BCUT2D eigenvalue weighted by Gasteiger charge is -2.19. The Hall–Kier alpha value is -3.88. The van der Waals surface area contributed by atoms with Gasteiger partial charge in [-0.25, -0.2) is 4.98 Å². The molecule has 1 aliphatic heterocycles. The molecule has 30 heavy (non-hydrogen) atoms. The van der Waals surface area contributed by atoms with Crippen LogP contribution >= 0.6 is 0 Å². The minimum atomic E-state index is -1.06. The van der Waals surface area contributed by atoms with E-state index in [0.29, 0.717) is 17.1 Å². The number of para-hydroxylation sites is 2. The Labute approximate surface area is 172 Å². The van der Waals surface area contributed by atoms with Gasteiger partial charge >= 0.3 is 5.97 Å². The fraction of sp³-hybridized carbons (Fsp3) is 0.238. The van der Waals surface area contributed by atoms with E-state index in [1.807, 2.05) is 24.3 Å². The summed E-state index contributed by atoms with van der Waals surface area (Å²) in [4.78, 5) is 45.2. The number of aromatic nitrogens is 2. The van der Waals surface area contributed by atoms with Crippen LogP contribution in [0.3, 0.4) is 0 Å². The van der Waals surface area contributed by atoms with Crippen molar-refractivity contribution in [1.29, 1.82) is 0 Å². The van der Waals surface area contributed by atoms with Gasteiger partial charge in [-0.15, -0.1) is 0 Å². The van der Waals surface area contributed by atoms with Crippen LogP contribution in [0, 0.1) is 0 Å². The summed E-state index contributed by atoms with van der Waals surface area (Å²) in [6.07, 6.45) is -0.317. The Balaban J connectivity index is 1.49. The van der Waals surface area contributed by atoms with Crippen LogP contribution in [0.15, 0.2) is 42.5 Å². The maximum absolute atomic E-state index is 12.6. The highest BCUT2D eigenvalue weighted by Gasteiger charge is 2.29. The third kappa shape index (κ3) is 3.95. The Morgan fingerprint density at radius 2 is 2.07 bits per heavy atom. The first-order chi connectivity index (χ1) is 14.4. The fourth-order valence-corrected chi connectivity index (χ4v) is 3.52. The number of nitrogens with one attached hydrogen (secondary N) is 3. The number of aromatic amines is 1. The van der Waals surface area contributed by atoms with Gasteiger partial charge in [-0.3, -0.25) is 14.4 Å². The zero-order valence-electron chi connectivity index (χ0n) is 16.3. The van der Waals surface area contributed by atoms with E-state index in [9.17, 15) is 14.4 Å². The van der Waals surface area contributed by atoms with Crippen molar-refractivity contribution in [3.8, 4) is 0 Å². The van der Waals surface area contributed by atoms with Gasteiger partial charge in [-0.05, 0) is 35.9 Å². The Morgan fingerprint density at radius 1 is 1.27 bits per heavy atom. The SMILES string of the molecule is CN1Cc2cc(C(=O)NCc3nc4ccccc4[nH]3)ccc2N[C@H](CC(=O)O)C1=O. The van der Waals surface area contributed by atoms with E-state index in [1.165, 1.54) is 4.90 Å². The third-order valence-corrected chi connectivity index (χ3v) is 5.01. The average Bonchev–Trinajstić information content (AvgIpc) is 3.10. The van der Waals surface area contributed by atoms with Crippen LogP contribution in [0.4, 0.5) is 5.69 Å². The fourth-order valence-electron chi connectivity index (χ4n) is 3.52. The van der Waals surface area contributed by atoms with Gasteiger partial charge in [0.05, 0.1) is 24.0 Å². The summed E-state index contributed by atoms with van der Waals surface area (Å²) in [5.74, 6) is -0.967. The highest BCUT2D eigenvalue weighted by Crippen LogP contribution is 2.25. The summed E-state index contributed by atoms with van der Waals surface area (Å²) in [5, 5.41) is 14.9. The average molecular weight is 407 g/mol. The first-order valence-electron chi connectivity index (χ1n) is 9.49. The number of imidazole rings is 1. The lowest BCUT2D eigenvalue weighted by molar-refractivity contribution is -0.141. The Kier molecular flexibility index (Phi) is 5.09. The molecule has 154 valence electrons. The molecule has 2 aromatic carbocycles. The maximum atomic E-state index is 12.6. The molecule has 4 rings (SSSR count). The van der Waals surface area contributed by atoms with Crippen molar-refractivity contribution in [2.45, 2.75) is 25.6 Å². The summed E-state index contributed by atoms with van der Waals surface area (Å²) in [6.45, 7) is 0.532. The number of carbonyl (C=O) groups is 3. The van der Waals surface area contributed by atoms with Gasteiger partial charge in [0, 0.05) is 24.8 Å². The first-order valence-corrected chi connectivity index (χ1v) is 9.49. The molecule has 0 fully saturated rings. The first kappa shape index (κ1) is 19.4. The second-order valence-electron chi connectivity index (χ2n) is 7.24. The molecule has 1 aromatic heterocycles. The van der Waals surface area contributed by atoms with Gasteiger partial charge < -0.3 is 25.6 Å². The molecule has 0 bridgehead atoms. The molecule has 2 heterocycles. The second-order valence-corrected chi connectivity index (χ2v) is 7.24. The summed E-state index contributed by atoms with van der Waals surface area (Å²) in [5.41, 5.74) is 3.58. The predicted octanol–water partition coefficient (Wildman–Crippen LogP) is 1.72. The van der Waals surface area contributed by atoms with Crippen molar-refractivity contribution >= 4 is 34.5 Å². The minimum Gasteiger partial charge on any atom is -0.481 e. The number of hydrogen-bond acceptors (Lipinski definition) is 5. The molecule has 2 amide bonds. The molecule has 0 unspecified atom stereocenters. The monoisotopic (exact) mass is 407 g/mol. The quantitative estimate of drug-likeness (QED) is 0.510. The van der Waals surface area contributed by atoms with Crippen LogP contribution in [-0.4, -0.2) is 50.8 Å². The third-order valence-electron chi connectivity index (χ3n) is 5.01. The number of H-pyrrole nitrogens is 1. The minimum absolute atomic E-state index is 0.252. The number of rotatable bonds is 5. The number of amides is 2. The number of hydrogen-bond donors (Lipinski definition) is 4. The van der Waals surface area contributed by atoms with Crippen molar-refractivity contribution in [3.63, 3.8) is 0 Å². The molecule has 1 aliphatic rings. The number of fused-ring (bicyclic) bond motifs is 2. The lowest BCUT2D eigenvalue weighted by Crippen LogP contribution is -2.39. The van der Waals surface area contributed by atoms with Crippen LogP contribution in [0.2, 0.25) is 0 Å². The van der Waals surface area contributed by atoms with E-state index in [1.54, 1.807) is 25.2 Å². The number of likely N-dealkylation sites (N-methyl/N-ethyl adjacent to an activating group) is 1. The lowest BCUT2D eigenvalue weighted by atomic mass is 10.1. The van der Waals surface area contributed by atoms with E-state index < -0.39 is 12.0 Å². The van der Waals surface area contributed by atoms with Crippen molar-refractivity contribution in [3.05, 3.63) is 59.4 Å². The Morgan fingerprint density at radius 3 is 2.83 bits per heavy atom. The van der Waals surface area contributed by atoms with E-state index in [4.69, 9.17) is 5.11 Å². The number of benzene rings is 2. The van der Waals surface area contributed by atoms with Gasteiger partial charge in [0.2, 0.25) is 5.91 Å². The van der Waals surface area contributed by atoms with Crippen molar-refractivity contribution in [1.82, 2.24) is 20.2 Å².